The largest absolute Gasteiger partial charge is 0.497 e. The third kappa shape index (κ3) is 1.83. The molecule has 1 heterocycles. The molecule has 0 saturated heterocycles. The van der Waals surface area contributed by atoms with E-state index in [4.69, 9.17) is 4.74 Å². The van der Waals surface area contributed by atoms with Crippen molar-refractivity contribution in [1.82, 2.24) is 4.57 Å². The predicted molar refractivity (Wildman–Crippen MR) is 70.5 cm³/mol. The molecule has 96 valence electrons. The Morgan fingerprint density at radius 1 is 1.33 bits per heavy atom. The second-order valence-corrected chi connectivity index (χ2v) is 4.70. The van der Waals surface area contributed by atoms with Crippen molar-refractivity contribution in [3.8, 4) is 5.75 Å². The summed E-state index contributed by atoms with van der Waals surface area (Å²) in [5, 5.41) is 10.1. The van der Waals surface area contributed by atoms with E-state index in [-0.39, 0.29) is 0 Å². The zero-order chi connectivity index (χ0) is 13.4. The highest BCUT2D eigenvalue weighted by molar-refractivity contribution is 5.96. The van der Waals surface area contributed by atoms with Gasteiger partial charge in [0.05, 0.1) is 12.6 Å². The van der Waals surface area contributed by atoms with Crippen LogP contribution in [0.1, 0.15) is 35.8 Å². The number of hydrogen-bond donors (Lipinski definition) is 1. The average Bonchev–Trinajstić information content (AvgIpc) is 2.65. The van der Waals surface area contributed by atoms with E-state index in [9.17, 15) is 9.90 Å². The van der Waals surface area contributed by atoms with Crippen LogP contribution in [-0.4, -0.2) is 22.8 Å². The van der Waals surface area contributed by atoms with Crippen molar-refractivity contribution < 1.29 is 14.6 Å². The molecule has 0 aliphatic rings. The Hall–Kier alpha value is -1.97. The number of aromatic nitrogens is 1. The molecule has 4 heteroatoms. The first-order chi connectivity index (χ1) is 8.45. The Morgan fingerprint density at radius 2 is 2.00 bits per heavy atom. The van der Waals surface area contributed by atoms with Crippen LogP contribution in [0.5, 0.6) is 5.75 Å². The lowest BCUT2D eigenvalue weighted by Crippen LogP contribution is -2.05. The number of fused-ring (bicyclic) bond motifs is 1. The molecule has 1 N–H and O–H groups in total. The fourth-order valence-electron chi connectivity index (χ4n) is 2.28. The predicted octanol–water partition coefficient (Wildman–Crippen LogP) is 3.01. The van der Waals surface area contributed by atoms with Crippen LogP contribution in [0.25, 0.3) is 10.9 Å². The van der Waals surface area contributed by atoms with E-state index in [0.717, 1.165) is 22.2 Å². The van der Waals surface area contributed by atoms with Gasteiger partial charge in [-0.25, -0.2) is 4.79 Å². The first kappa shape index (κ1) is 12.5. The van der Waals surface area contributed by atoms with E-state index in [1.807, 2.05) is 12.1 Å². The minimum absolute atomic E-state index is 0.292. The maximum Gasteiger partial charge on any atom is 0.352 e. The second-order valence-electron chi connectivity index (χ2n) is 4.70. The Balaban J connectivity index is 2.84. The Bertz CT molecular complexity index is 611. The quantitative estimate of drug-likeness (QED) is 0.907. The third-order valence-electron chi connectivity index (χ3n) is 3.21. The molecule has 2 aromatic rings. The van der Waals surface area contributed by atoms with E-state index >= 15 is 0 Å². The first-order valence-electron chi connectivity index (χ1n) is 5.86. The summed E-state index contributed by atoms with van der Waals surface area (Å²) in [6.45, 7) is 4.17. The number of ether oxygens (including phenoxy) is 1. The fraction of sp³-hybridized carbons (Fsp3) is 0.357. The zero-order valence-electron chi connectivity index (χ0n) is 11.0. The second kappa shape index (κ2) is 4.37. The molecule has 2 rings (SSSR count). The number of methoxy groups -OCH3 is 1. The van der Waals surface area contributed by atoms with Gasteiger partial charge in [0.15, 0.2) is 0 Å². The van der Waals surface area contributed by atoms with Gasteiger partial charge in [0.1, 0.15) is 11.4 Å². The number of rotatable bonds is 3. The van der Waals surface area contributed by atoms with E-state index < -0.39 is 5.97 Å². The lowest BCUT2D eigenvalue weighted by Gasteiger charge is -2.12. The maximum atomic E-state index is 11.2. The third-order valence-corrected chi connectivity index (χ3v) is 3.21. The summed E-state index contributed by atoms with van der Waals surface area (Å²) in [6.07, 6.45) is 0. The monoisotopic (exact) mass is 247 g/mol. The highest BCUT2D eigenvalue weighted by Crippen LogP contribution is 2.32. The molecule has 0 aliphatic heterocycles. The summed E-state index contributed by atoms with van der Waals surface area (Å²) >= 11 is 0. The van der Waals surface area contributed by atoms with Crippen LogP contribution in [0.3, 0.4) is 0 Å². The summed E-state index contributed by atoms with van der Waals surface area (Å²) < 4.78 is 6.99. The molecular weight excluding hydrogens is 230 g/mol. The fourth-order valence-corrected chi connectivity index (χ4v) is 2.28. The van der Waals surface area contributed by atoms with Crippen LogP contribution in [0.4, 0.5) is 0 Å². The van der Waals surface area contributed by atoms with Crippen LogP contribution >= 0.6 is 0 Å². The number of hydrogen-bond acceptors (Lipinski definition) is 2. The molecule has 0 radical (unpaired) electrons. The normalized spacial score (nSPS) is 11.2. The summed E-state index contributed by atoms with van der Waals surface area (Å²) in [5.41, 5.74) is 2.35. The molecule has 0 bridgehead atoms. The van der Waals surface area contributed by atoms with E-state index in [1.165, 1.54) is 0 Å². The standard InChI is InChI=1S/C14H17NO3/c1-8(2)11-7-10(18-4)5-9-6-12(14(16)17)15(3)13(9)11/h5-8H,1-4H3,(H,16,17). The van der Waals surface area contributed by atoms with Gasteiger partial charge in [-0.3, -0.25) is 0 Å². The SMILES string of the molecule is COc1cc(C(C)C)c2c(c1)cc(C(=O)O)n2C. The number of aromatic carboxylic acids is 1. The van der Waals surface area contributed by atoms with Crippen LogP contribution < -0.4 is 4.74 Å². The van der Waals surface area contributed by atoms with Gasteiger partial charge >= 0.3 is 5.97 Å². The van der Waals surface area contributed by atoms with Gasteiger partial charge in [-0.1, -0.05) is 13.8 Å². The van der Waals surface area contributed by atoms with Crippen molar-refractivity contribution in [3.63, 3.8) is 0 Å². The molecule has 0 unspecified atom stereocenters. The smallest absolute Gasteiger partial charge is 0.352 e. The van der Waals surface area contributed by atoms with Crippen molar-refractivity contribution in [2.75, 3.05) is 7.11 Å². The van der Waals surface area contributed by atoms with E-state index in [2.05, 4.69) is 13.8 Å². The summed E-state index contributed by atoms with van der Waals surface area (Å²) in [6, 6.07) is 5.53. The number of nitrogens with zero attached hydrogens (tertiary/aromatic N) is 1. The van der Waals surface area contributed by atoms with Crippen molar-refractivity contribution >= 4 is 16.9 Å². The molecule has 18 heavy (non-hydrogen) atoms. The Labute approximate surface area is 106 Å². The van der Waals surface area contributed by atoms with Crippen molar-refractivity contribution in [3.05, 3.63) is 29.5 Å². The van der Waals surface area contributed by atoms with Gasteiger partial charge in [0, 0.05) is 12.4 Å². The minimum Gasteiger partial charge on any atom is -0.497 e. The summed E-state index contributed by atoms with van der Waals surface area (Å²) in [4.78, 5) is 11.2. The van der Waals surface area contributed by atoms with E-state index in [1.54, 1.807) is 24.8 Å². The Kier molecular flexibility index (Phi) is 3.03. The number of carboxylic acid groups (broad SMARTS) is 1. The van der Waals surface area contributed by atoms with Crippen LogP contribution in [-0.2, 0) is 7.05 Å². The van der Waals surface area contributed by atoms with Crippen molar-refractivity contribution in [2.24, 2.45) is 7.05 Å². The number of carbonyl (C=O) groups is 1. The maximum absolute atomic E-state index is 11.2. The number of benzene rings is 1. The number of aryl methyl sites for hydroxylation is 1. The summed E-state index contributed by atoms with van der Waals surface area (Å²) in [5.74, 6) is 0.147. The molecule has 0 saturated carbocycles. The molecule has 0 spiro atoms. The van der Waals surface area contributed by atoms with Crippen LogP contribution in [0, 0.1) is 0 Å². The van der Waals surface area contributed by atoms with Gasteiger partial charge in [0.2, 0.25) is 0 Å². The highest BCUT2D eigenvalue weighted by atomic mass is 16.5. The lowest BCUT2D eigenvalue weighted by atomic mass is 10.00. The Morgan fingerprint density at radius 3 is 2.50 bits per heavy atom. The average molecular weight is 247 g/mol. The van der Waals surface area contributed by atoms with Crippen molar-refractivity contribution in [2.45, 2.75) is 19.8 Å². The number of carboxylic acids is 1. The molecule has 0 atom stereocenters. The molecule has 1 aromatic heterocycles. The molecule has 0 fully saturated rings. The van der Waals surface area contributed by atoms with E-state index in [0.29, 0.717) is 11.6 Å². The van der Waals surface area contributed by atoms with Crippen LogP contribution in [0.15, 0.2) is 18.2 Å². The van der Waals surface area contributed by atoms with Crippen LogP contribution in [0.2, 0.25) is 0 Å². The highest BCUT2D eigenvalue weighted by Gasteiger charge is 2.17. The molecule has 0 aliphatic carbocycles. The molecular formula is C14H17NO3. The van der Waals surface area contributed by atoms with Gasteiger partial charge in [-0.15, -0.1) is 0 Å². The topological polar surface area (TPSA) is 51.5 Å². The molecule has 1 aromatic carbocycles. The van der Waals surface area contributed by atoms with Gasteiger partial charge in [-0.05, 0) is 29.7 Å². The zero-order valence-corrected chi connectivity index (χ0v) is 11.0. The van der Waals surface area contributed by atoms with Gasteiger partial charge < -0.3 is 14.4 Å². The van der Waals surface area contributed by atoms with Crippen molar-refractivity contribution in [1.29, 1.82) is 0 Å². The first-order valence-corrected chi connectivity index (χ1v) is 5.86. The molecule has 0 amide bonds. The lowest BCUT2D eigenvalue weighted by molar-refractivity contribution is 0.0687. The van der Waals surface area contributed by atoms with Gasteiger partial charge in [-0.2, -0.15) is 0 Å². The van der Waals surface area contributed by atoms with Gasteiger partial charge in [0.25, 0.3) is 0 Å². The minimum atomic E-state index is -0.914. The summed E-state index contributed by atoms with van der Waals surface area (Å²) in [7, 11) is 3.40. The molecule has 4 nitrogen and oxygen atoms in total.